The fourth-order valence-corrected chi connectivity index (χ4v) is 1.83. The highest BCUT2D eigenvalue weighted by Gasteiger charge is 2.27. The highest BCUT2D eigenvalue weighted by molar-refractivity contribution is 6.30. The van der Waals surface area contributed by atoms with E-state index in [0.717, 1.165) is 5.56 Å². The zero-order valence-corrected chi connectivity index (χ0v) is 11.4. The van der Waals surface area contributed by atoms with Crippen LogP contribution < -0.4 is 5.73 Å². The van der Waals surface area contributed by atoms with Crippen molar-refractivity contribution >= 4 is 11.6 Å². The predicted molar refractivity (Wildman–Crippen MR) is 69.1 cm³/mol. The molecule has 0 spiro atoms. The Kier molecular flexibility index (Phi) is 5.64. The molecule has 0 aliphatic heterocycles. The van der Waals surface area contributed by atoms with Crippen LogP contribution >= 0.6 is 11.6 Å². The van der Waals surface area contributed by atoms with Crippen LogP contribution in [0.25, 0.3) is 0 Å². The maximum atomic E-state index is 11.9. The van der Waals surface area contributed by atoms with Crippen LogP contribution in [0.3, 0.4) is 0 Å². The highest BCUT2D eigenvalue weighted by Crippen LogP contribution is 2.24. The maximum absolute atomic E-state index is 11.9. The van der Waals surface area contributed by atoms with Gasteiger partial charge in [0.05, 0.1) is 0 Å². The fourth-order valence-electron chi connectivity index (χ4n) is 1.70. The molecule has 2 N–H and O–H groups in total. The standard InChI is InChI=1S/C13H17ClF3NO/c1-12(18,10-3-5-11(14)6-4-10)7-2-8-19-9-13(15,16)17/h3-6H,2,7-9,18H2,1H3. The van der Waals surface area contributed by atoms with E-state index in [1.54, 1.807) is 12.1 Å². The van der Waals surface area contributed by atoms with Crippen molar-refractivity contribution in [1.82, 2.24) is 0 Å². The van der Waals surface area contributed by atoms with Crippen LogP contribution in [0.4, 0.5) is 13.2 Å². The van der Waals surface area contributed by atoms with Crippen LogP contribution in [0.5, 0.6) is 0 Å². The fraction of sp³-hybridized carbons (Fsp3) is 0.538. The van der Waals surface area contributed by atoms with E-state index >= 15 is 0 Å². The van der Waals surface area contributed by atoms with E-state index in [0.29, 0.717) is 17.9 Å². The van der Waals surface area contributed by atoms with Crippen LogP contribution in [0.15, 0.2) is 24.3 Å². The largest absolute Gasteiger partial charge is 0.411 e. The molecule has 0 saturated heterocycles. The van der Waals surface area contributed by atoms with Crippen LogP contribution in [0, 0.1) is 0 Å². The Hall–Kier alpha value is -0.780. The van der Waals surface area contributed by atoms with E-state index < -0.39 is 18.3 Å². The van der Waals surface area contributed by atoms with Gasteiger partial charge in [-0.25, -0.2) is 0 Å². The van der Waals surface area contributed by atoms with Crippen molar-refractivity contribution in [2.24, 2.45) is 5.73 Å². The molecule has 0 fully saturated rings. The van der Waals surface area contributed by atoms with Crippen molar-refractivity contribution in [2.75, 3.05) is 13.2 Å². The first-order valence-corrected chi connectivity index (χ1v) is 6.28. The Balaban J connectivity index is 2.37. The van der Waals surface area contributed by atoms with Gasteiger partial charge in [-0.3, -0.25) is 0 Å². The Morgan fingerprint density at radius 1 is 1.21 bits per heavy atom. The van der Waals surface area contributed by atoms with Crippen LogP contribution in [-0.4, -0.2) is 19.4 Å². The second-order valence-corrected chi connectivity index (χ2v) is 5.13. The number of ether oxygens (including phenoxy) is 1. The Labute approximate surface area is 115 Å². The maximum Gasteiger partial charge on any atom is 0.411 e. The Morgan fingerprint density at radius 3 is 2.32 bits per heavy atom. The summed E-state index contributed by atoms with van der Waals surface area (Å²) >= 11 is 5.78. The normalized spacial score (nSPS) is 15.3. The van der Waals surface area contributed by atoms with Gasteiger partial charge in [0, 0.05) is 17.2 Å². The molecule has 2 nitrogen and oxygen atoms in total. The molecule has 1 aromatic rings. The Morgan fingerprint density at radius 2 is 1.79 bits per heavy atom. The van der Waals surface area contributed by atoms with Gasteiger partial charge >= 0.3 is 6.18 Å². The molecule has 1 aromatic carbocycles. The molecule has 1 atom stereocenters. The zero-order valence-electron chi connectivity index (χ0n) is 10.6. The number of alkyl halides is 3. The highest BCUT2D eigenvalue weighted by atomic mass is 35.5. The lowest BCUT2D eigenvalue weighted by molar-refractivity contribution is -0.174. The van der Waals surface area contributed by atoms with E-state index in [1.807, 2.05) is 19.1 Å². The van der Waals surface area contributed by atoms with Gasteiger partial charge in [-0.05, 0) is 37.5 Å². The van der Waals surface area contributed by atoms with Gasteiger partial charge in [-0.1, -0.05) is 23.7 Å². The van der Waals surface area contributed by atoms with Crippen molar-refractivity contribution in [2.45, 2.75) is 31.5 Å². The third kappa shape index (κ3) is 6.27. The number of rotatable bonds is 6. The first-order chi connectivity index (χ1) is 8.71. The number of hydrogen-bond acceptors (Lipinski definition) is 2. The lowest BCUT2D eigenvalue weighted by Gasteiger charge is -2.25. The summed E-state index contributed by atoms with van der Waals surface area (Å²) in [5.41, 5.74) is 6.43. The van der Waals surface area contributed by atoms with Crippen molar-refractivity contribution in [3.63, 3.8) is 0 Å². The van der Waals surface area contributed by atoms with Gasteiger partial charge in [0.15, 0.2) is 0 Å². The predicted octanol–water partition coefficient (Wildman–Crippen LogP) is 3.87. The summed E-state index contributed by atoms with van der Waals surface area (Å²) in [7, 11) is 0. The van der Waals surface area contributed by atoms with Gasteiger partial charge in [0.2, 0.25) is 0 Å². The molecule has 1 unspecified atom stereocenters. The summed E-state index contributed by atoms with van der Waals surface area (Å²) in [6, 6.07) is 7.11. The minimum atomic E-state index is -4.28. The van der Waals surface area contributed by atoms with E-state index in [-0.39, 0.29) is 6.61 Å². The molecule has 6 heteroatoms. The van der Waals surface area contributed by atoms with E-state index in [4.69, 9.17) is 17.3 Å². The summed E-state index contributed by atoms with van der Waals surface area (Å²) in [4.78, 5) is 0. The third-order valence-corrected chi connectivity index (χ3v) is 3.01. The van der Waals surface area contributed by atoms with Crippen LogP contribution in [0.1, 0.15) is 25.3 Å². The molecule has 0 aliphatic carbocycles. The third-order valence-electron chi connectivity index (χ3n) is 2.75. The average Bonchev–Trinajstić information content (AvgIpc) is 2.27. The molecule has 0 aromatic heterocycles. The summed E-state index contributed by atoms with van der Waals surface area (Å²) < 4.78 is 40.1. The van der Waals surface area contributed by atoms with E-state index in [1.165, 1.54) is 0 Å². The molecule has 0 bridgehead atoms. The second kappa shape index (κ2) is 6.59. The minimum absolute atomic E-state index is 0.0416. The zero-order chi connectivity index (χ0) is 14.5. The monoisotopic (exact) mass is 295 g/mol. The van der Waals surface area contributed by atoms with Gasteiger partial charge in [0.1, 0.15) is 6.61 Å². The summed E-state index contributed by atoms with van der Waals surface area (Å²) in [5, 5.41) is 0.619. The molecule has 0 amide bonds. The molecular formula is C13H17ClF3NO. The SMILES string of the molecule is CC(N)(CCCOCC(F)(F)F)c1ccc(Cl)cc1. The van der Waals surface area contributed by atoms with Gasteiger partial charge in [0.25, 0.3) is 0 Å². The smallest absolute Gasteiger partial charge is 0.372 e. The number of halogens is 4. The van der Waals surface area contributed by atoms with Crippen LogP contribution in [-0.2, 0) is 10.3 Å². The van der Waals surface area contributed by atoms with E-state index in [9.17, 15) is 13.2 Å². The van der Waals surface area contributed by atoms with Crippen LogP contribution in [0.2, 0.25) is 5.02 Å². The molecule has 0 aliphatic rings. The second-order valence-electron chi connectivity index (χ2n) is 4.70. The average molecular weight is 296 g/mol. The van der Waals surface area contributed by atoms with Crippen molar-refractivity contribution < 1.29 is 17.9 Å². The number of hydrogen-bond donors (Lipinski definition) is 1. The molecule has 108 valence electrons. The lowest BCUT2D eigenvalue weighted by atomic mass is 9.89. The molecule has 19 heavy (non-hydrogen) atoms. The first kappa shape index (κ1) is 16.3. The Bertz CT molecular complexity index is 390. The summed E-state index contributed by atoms with van der Waals surface area (Å²) in [6.07, 6.45) is -3.28. The van der Waals surface area contributed by atoms with Crippen molar-refractivity contribution in [3.8, 4) is 0 Å². The van der Waals surface area contributed by atoms with Gasteiger partial charge < -0.3 is 10.5 Å². The molecule has 0 radical (unpaired) electrons. The lowest BCUT2D eigenvalue weighted by Crippen LogP contribution is -2.33. The van der Waals surface area contributed by atoms with Crippen molar-refractivity contribution in [1.29, 1.82) is 0 Å². The summed E-state index contributed by atoms with van der Waals surface area (Å²) in [6.45, 7) is 0.662. The van der Waals surface area contributed by atoms with E-state index in [2.05, 4.69) is 4.74 Å². The number of benzene rings is 1. The molecular weight excluding hydrogens is 279 g/mol. The molecule has 0 saturated carbocycles. The minimum Gasteiger partial charge on any atom is -0.372 e. The topological polar surface area (TPSA) is 35.2 Å². The number of nitrogens with two attached hydrogens (primary N) is 1. The summed E-state index contributed by atoms with van der Waals surface area (Å²) in [5.74, 6) is 0. The van der Waals surface area contributed by atoms with Gasteiger partial charge in [-0.2, -0.15) is 13.2 Å². The first-order valence-electron chi connectivity index (χ1n) is 5.90. The quantitative estimate of drug-likeness (QED) is 0.809. The molecule has 0 heterocycles. The van der Waals surface area contributed by atoms with Crippen molar-refractivity contribution in [3.05, 3.63) is 34.9 Å². The molecule has 1 rings (SSSR count). The van der Waals surface area contributed by atoms with Gasteiger partial charge in [-0.15, -0.1) is 0 Å².